The van der Waals surface area contributed by atoms with Gasteiger partial charge in [0.05, 0.1) is 0 Å². The first-order valence-corrected chi connectivity index (χ1v) is 6.18. The molecule has 0 aliphatic carbocycles. The molecule has 2 N–H and O–H groups in total. The zero-order chi connectivity index (χ0) is 11.7. The van der Waals surface area contributed by atoms with Gasteiger partial charge in [-0.25, -0.2) is 4.98 Å². The summed E-state index contributed by atoms with van der Waals surface area (Å²) in [7, 11) is 0. The zero-order valence-electron chi connectivity index (χ0n) is 9.85. The van der Waals surface area contributed by atoms with Gasteiger partial charge >= 0.3 is 0 Å². The smallest absolute Gasteiger partial charge is 0.196 e. The topological polar surface area (TPSA) is 55.3 Å². The highest BCUT2D eigenvalue weighted by Gasteiger charge is 2.13. The van der Waals surface area contributed by atoms with Crippen molar-refractivity contribution in [2.45, 2.75) is 19.3 Å². The van der Waals surface area contributed by atoms with Crippen LogP contribution in [0.2, 0.25) is 0 Å². The second kappa shape index (κ2) is 4.37. The lowest BCUT2D eigenvalue weighted by Crippen LogP contribution is -2.21. The zero-order valence-corrected chi connectivity index (χ0v) is 9.85. The Labute approximate surface area is 100 Å². The number of nitrogens with zero attached hydrogens (tertiary/aromatic N) is 2. The van der Waals surface area contributed by atoms with Gasteiger partial charge in [0.2, 0.25) is 0 Å². The number of nitrogen functional groups attached to an aromatic ring is 1. The van der Waals surface area contributed by atoms with Crippen LogP contribution in [0.1, 0.15) is 18.7 Å². The maximum absolute atomic E-state index is 5.72. The van der Waals surface area contributed by atoms with E-state index in [4.69, 9.17) is 10.2 Å². The van der Waals surface area contributed by atoms with Crippen molar-refractivity contribution in [2.75, 3.05) is 25.4 Å². The number of anilines is 1. The summed E-state index contributed by atoms with van der Waals surface area (Å²) in [4.78, 5) is 6.92. The molecule has 1 fully saturated rings. The van der Waals surface area contributed by atoms with Crippen LogP contribution in [-0.2, 0) is 6.42 Å². The number of benzene rings is 1. The van der Waals surface area contributed by atoms with Crippen LogP contribution in [0.5, 0.6) is 0 Å². The molecule has 17 heavy (non-hydrogen) atoms. The van der Waals surface area contributed by atoms with E-state index in [1.807, 2.05) is 18.2 Å². The minimum atomic E-state index is 0.733. The van der Waals surface area contributed by atoms with Gasteiger partial charge in [-0.2, -0.15) is 0 Å². The van der Waals surface area contributed by atoms with Gasteiger partial charge in [0.25, 0.3) is 0 Å². The molecule has 4 heteroatoms. The summed E-state index contributed by atoms with van der Waals surface area (Å²) in [5, 5.41) is 0. The van der Waals surface area contributed by atoms with Gasteiger partial charge in [-0.1, -0.05) is 0 Å². The lowest BCUT2D eigenvalue weighted by molar-refractivity contribution is 0.330. The number of fused-ring (bicyclic) bond motifs is 1. The molecule has 3 rings (SSSR count). The van der Waals surface area contributed by atoms with E-state index < -0.39 is 0 Å². The molecule has 0 unspecified atom stereocenters. The highest BCUT2D eigenvalue weighted by Crippen LogP contribution is 2.19. The van der Waals surface area contributed by atoms with Crippen molar-refractivity contribution >= 4 is 16.8 Å². The number of nitrogens with two attached hydrogens (primary N) is 1. The number of aromatic nitrogens is 1. The highest BCUT2D eigenvalue weighted by molar-refractivity contribution is 5.76. The molecule has 0 atom stereocenters. The molecule has 2 aromatic rings. The average molecular weight is 231 g/mol. The average Bonchev–Trinajstić information content (AvgIpc) is 2.94. The van der Waals surface area contributed by atoms with Crippen molar-refractivity contribution < 1.29 is 4.42 Å². The summed E-state index contributed by atoms with van der Waals surface area (Å²) in [6.45, 7) is 3.47. The molecule has 0 saturated carbocycles. The molecule has 1 aromatic heterocycles. The van der Waals surface area contributed by atoms with Crippen molar-refractivity contribution in [1.29, 1.82) is 0 Å². The highest BCUT2D eigenvalue weighted by atomic mass is 16.3. The first kappa shape index (κ1) is 10.6. The molecule has 1 saturated heterocycles. The molecule has 90 valence electrons. The van der Waals surface area contributed by atoms with Crippen molar-refractivity contribution in [3.8, 4) is 0 Å². The lowest BCUT2D eigenvalue weighted by atomic mass is 10.3. The maximum Gasteiger partial charge on any atom is 0.196 e. The molecule has 4 nitrogen and oxygen atoms in total. The third kappa shape index (κ3) is 2.26. The third-order valence-corrected chi connectivity index (χ3v) is 3.30. The fourth-order valence-corrected chi connectivity index (χ4v) is 2.36. The van der Waals surface area contributed by atoms with Gasteiger partial charge in [0, 0.05) is 18.7 Å². The molecule has 1 aliphatic rings. The Balaban J connectivity index is 1.72. The fourth-order valence-electron chi connectivity index (χ4n) is 2.36. The van der Waals surface area contributed by atoms with Crippen LogP contribution >= 0.6 is 0 Å². The fraction of sp³-hybridized carbons (Fsp3) is 0.462. The minimum Gasteiger partial charge on any atom is -0.441 e. The van der Waals surface area contributed by atoms with Crippen LogP contribution < -0.4 is 5.73 Å². The number of oxazole rings is 1. The molecule has 1 aromatic carbocycles. The summed E-state index contributed by atoms with van der Waals surface area (Å²) in [6.07, 6.45) is 3.53. The van der Waals surface area contributed by atoms with Crippen molar-refractivity contribution in [3.05, 3.63) is 24.1 Å². The third-order valence-electron chi connectivity index (χ3n) is 3.30. The molecular weight excluding hydrogens is 214 g/mol. The van der Waals surface area contributed by atoms with Gasteiger partial charge in [0.1, 0.15) is 5.52 Å². The molecule has 0 bridgehead atoms. The standard InChI is InChI=1S/C13H17N3O/c14-10-3-4-12-11(9-10)15-13(17-12)5-8-16-6-1-2-7-16/h3-4,9H,1-2,5-8,14H2. The second-order valence-electron chi connectivity index (χ2n) is 4.63. The lowest BCUT2D eigenvalue weighted by Gasteiger charge is -2.12. The van der Waals surface area contributed by atoms with Crippen molar-refractivity contribution in [2.24, 2.45) is 0 Å². The van der Waals surface area contributed by atoms with Gasteiger partial charge < -0.3 is 15.1 Å². The van der Waals surface area contributed by atoms with Crippen LogP contribution in [0.25, 0.3) is 11.1 Å². The van der Waals surface area contributed by atoms with Gasteiger partial charge in [-0.3, -0.25) is 0 Å². The van der Waals surface area contributed by atoms with Crippen molar-refractivity contribution in [3.63, 3.8) is 0 Å². The minimum absolute atomic E-state index is 0.733. The number of likely N-dealkylation sites (tertiary alicyclic amines) is 1. The summed E-state index contributed by atoms with van der Waals surface area (Å²) >= 11 is 0. The monoisotopic (exact) mass is 231 g/mol. The summed E-state index contributed by atoms with van der Waals surface area (Å²) in [5.41, 5.74) is 8.14. The van der Waals surface area contributed by atoms with Crippen LogP contribution in [0.3, 0.4) is 0 Å². The number of hydrogen-bond acceptors (Lipinski definition) is 4. The van der Waals surface area contributed by atoms with Crippen LogP contribution in [-0.4, -0.2) is 29.5 Å². The largest absolute Gasteiger partial charge is 0.441 e. The quantitative estimate of drug-likeness (QED) is 0.821. The second-order valence-corrected chi connectivity index (χ2v) is 4.63. The van der Waals surface area contributed by atoms with E-state index in [0.29, 0.717) is 0 Å². The molecule has 2 heterocycles. The summed E-state index contributed by atoms with van der Waals surface area (Å²) in [5.74, 6) is 0.817. The van der Waals surface area contributed by atoms with Gasteiger partial charge in [0.15, 0.2) is 11.5 Å². The van der Waals surface area contributed by atoms with E-state index in [1.54, 1.807) is 0 Å². The Bertz CT molecular complexity index is 514. The Morgan fingerprint density at radius 3 is 2.94 bits per heavy atom. The van der Waals surface area contributed by atoms with Crippen LogP contribution in [0.4, 0.5) is 5.69 Å². The van der Waals surface area contributed by atoms with Crippen LogP contribution in [0.15, 0.2) is 22.6 Å². The van der Waals surface area contributed by atoms with E-state index >= 15 is 0 Å². The molecule has 0 amide bonds. The van der Waals surface area contributed by atoms with E-state index in [1.165, 1.54) is 25.9 Å². The molecular formula is C13H17N3O. The Hall–Kier alpha value is -1.55. The summed E-state index contributed by atoms with van der Waals surface area (Å²) in [6, 6.07) is 5.59. The maximum atomic E-state index is 5.72. The van der Waals surface area contributed by atoms with E-state index in [-0.39, 0.29) is 0 Å². The van der Waals surface area contributed by atoms with Gasteiger partial charge in [-0.05, 0) is 44.1 Å². The molecule has 0 spiro atoms. The van der Waals surface area contributed by atoms with E-state index in [2.05, 4.69) is 9.88 Å². The predicted molar refractivity (Wildman–Crippen MR) is 67.8 cm³/mol. The SMILES string of the molecule is Nc1ccc2oc(CCN3CCCC3)nc2c1. The van der Waals surface area contributed by atoms with E-state index in [0.717, 1.165) is 35.6 Å². The predicted octanol–water partition coefficient (Wildman–Crippen LogP) is 2.05. The first-order valence-electron chi connectivity index (χ1n) is 6.18. The number of rotatable bonds is 3. The van der Waals surface area contributed by atoms with Gasteiger partial charge in [-0.15, -0.1) is 0 Å². The number of hydrogen-bond donors (Lipinski definition) is 1. The normalized spacial score (nSPS) is 16.9. The Morgan fingerprint density at radius 1 is 1.29 bits per heavy atom. The first-order chi connectivity index (χ1) is 8.31. The molecule has 1 aliphatic heterocycles. The Kier molecular flexibility index (Phi) is 2.73. The summed E-state index contributed by atoms with van der Waals surface area (Å²) < 4.78 is 5.69. The molecule has 0 radical (unpaired) electrons. The Morgan fingerprint density at radius 2 is 2.12 bits per heavy atom. The van der Waals surface area contributed by atoms with Crippen molar-refractivity contribution in [1.82, 2.24) is 9.88 Å². The van der Waals surface area contributed by atoms with E-state index in [9.17, 15) is 0 Å². The van der Waals surface area contributed by atoms with Crippen LogP contribution in [0, 0.1) is 0 Å².